The van der Waals surface area contributed by atoms with Crippen LogP contribution in [0.3, 0.4) is 0 Å². The lowest BCUT2D eigenvalue weighted by Gasteiger charge is -2.24. The minimum absolute atomic E-state index is 0.159. The molecule has 7 nitrogen and oxygen atoms in total. The van der Waals surface area contributed by atoms with Gasteiger partial charge in [-0.05, 0) is 61.6 Å². The Balaban J connectivity index is 1.81. The first-order valence-electron chi connectivity index (χ1n) is 11.3. The molecule has 3 aromatic rings. The second kappa shape index (κ2) is 11.8. The molecule has 0 aromatic heterocycles. The van der Waals surface area contributed by atoms with E-state index in [0.29, 0.717) is 23.3 Å². The first-order valence-corrected chi connectivity index (χ1v) is 12.7. The van der Waals surface area contributed by atoms with Gasteiger partial charge in [-0.25, -0.2) is 13.8 Å². The van der Waals surface area contributed by atoms with Crippen LogP contribution in [-0.4, -0.2) is 45.0 Å². The van der Waals surface area contributed by atoms with Crippen molar-refractivity contribution in [2.24, 2.45) is 5.10 Å². The molecular weight excluding hydrogens is 462 g/mol. The van der Waals surface area contributed by atoms with E-state index in [1.165, 1.54) is 10.5 Å². The summed E-state index contributed by atoms with van der Waals surface area (Å²) in [6.07, 6.45) is 1.96. The van der Waals surface area contributed by atoms with Gasteiger partial charge in [-0.1, -0.05) is 60.2 Å². The third kappa shape index (κ3) is 7.00. The first kappa shape index (κ1) is 26.1. The molecule has 3 aromatic carbocycles. The maximum atomic E-state index is 13.7. The van der Waals surface area contributed by atoms with Gasteiger partial charge in [0.25, 0.3) is 5.91 Å². The van der Waals surface area contributed by atoms with Crippen LogP contribution in [0.5, 0.6) is 5.75 Å². The van der Waals surface area contributed by atoms with E-state index in [2.05, 4.69) is 10.5 Å². The zero-order valence-corrected chi connectivity index (χ0v) is 21.3. The van der Waals surface area contributed by atoms with Gasteiger partial charge in [-0.15, -0.1) is 0 Å². The summed E-state index contributed by atoms with van der Waals surface area (Å²) >= 11 is 0. The number of methoxy groups -OCH3 is 1. The Kier molecular flexibility index (Phi) is 8.78. The second-order valence-electron chi connectivity index (χ2n) is 8.37. The highest BCUT2D eigenvalue weighted by Crippen LogP contribution is 2.25. The lowest BCUT2D eigenvalue weighted by atomic mass is 10.1. The average molecular weight is 494 g/mol. The summed E-state index contributed by atoms with van der Waals surface area (Å²) in [5, 5.41) is 3.99. The fraction of sp³-hybridized carbons (Fsp3) is 0.259. The fourth-order valence-electron chi connectivity index (χ4n) is 3.98. The van der Waals surface area contributed by atoms with Crippen molar-refractivity contribution in [3.05, 3.63) is 94.5 Å². The highest BCUT2D eigenvalue weighted by atomic mass is 32.2. The van der Waals surface area contributed by atoms with Gasteiger partial charge in [-0.2, -0.15) is 9.41 Å². The van der Waals surface area contributed by atoms with Crippen LogP contribution < -0.4 is 10.2 Å². The molecule has 0 unspecified atom stereocenters. The number of amides is 1. The molecule has 184 valence electrons. The lowest BCUT2D eigenvalue weighted by molar-refractivity contribution is -0.121. The molecule has 1 amide bonds. The molecule has 0 saturated heterocycles. The van der Waals surface area contributed by atoms with Gasteiger partial charge in [0.15, 0.2) is 0 Å². The number of hydrazone groups is 1. The zero-order valence-electron chi connectivity index (χ0n) is 20.5. The number of sulfonamides is 1. The lowest BCUT2D eigenvalue weighted by Crippen LogP contribution is -2.41. The topological polar surface area (TPSA) is 88.1 Å². The maximum Gasteiger partial charge on any atom is 0.255 e. The van der Waals surface area contributed by atoms with Gasteiger partial charge >= 0.3 is 0 Å². The minimum Gasteiger partial charge on any atom is -0.497 e. The summed E-state index contributed by atoms with van der Waals surface area (Å²) < 4.78 is 33.8. The van der Waals surface area contributed by atoms with Gasteiger partial charge in [0.1, 0.15) is 5.75 Å². The number of carbonyl (C=O) groups is 1. The Bertz CT molecular complexity index is 1280. The van der Waals surface area contributed by atoms with Crippen molar-refractivity contribution in [1.29, 1.82) is 0 Å². The highest BCUT2D eigenvalue weighted by molar-refractivity contribution is 7.89. The van der Waals surface area contributed by atoms with Crippen LogP contribution in [0, 0.1) is 20.8 Å². The van der Waals surface area contributed by atoms with E-state index in [0.717, 1.165) is 16.7 Å². The Morgan fingerprint density at radius 2 is 1.69 bits per heavy atom. The van der Waals surface area contributed by atoms with Crippen molar-refractivity contribution < 1.29 is 17.9 Å². The third-order valence-electron chi connectivity index (χ3n) is 5.51. The quantitative estimate of drug-likeness (QED) is 0.342. The zero-order chi connectivity index (χ0) is 25.4. The Morgan fingerprint density at radius 1 is 1.00 bits per heavy atom. The fourth-order valence-corrected chi connectivity index (χ4v) is 5.79. The molecule has 0 aliphatic heterocycles. The normalized spacial score (nSPS) is 11.7. The standard InChI is InChI=1S/C27H31N3O4S/c1-20-15-21(2)27(22(3)16-20)35(32,33)30(14-13-23-9-6-5-7-10-23)19-26(31)29-28-18-24-11-8-12-25(17-24)34-4/h5-12,15-18H,13-14,19H2,1-4H3,(H,29,31)/b28-18+. The van der Waals surface area contributed by atoms with E-state index in [4.69, 9.17) is 4.74 Å². The van der Waals surface area contributed by atoms with Crippen molar-refractivity contribution in [3.63, 3.8) is 0 Å². The Morgan fingerprint density at radius 3 is 2.34 bits per heavy atom. The van der Waals surface area contributed by atoms with Gasteiger partial charge < -0.3 is 4.74 Å². The van der Waals surface area contributed by atoms with Crippen molar-refractivity contribution in [2.75, 3.05) is 20.2 Å². The average Bonchev–Trinajstić information content (AvgIpc) is 2.81. The molecule has 0 saturated carbocycles. The second-order valence-corrected chi connectivity index (χ2v) is 10.2. The van der Waals surface area contributed by atoms with E-state index in [9.17, 15) is 13.2 Å². The molecule has 35 heavy (non-hydrogen) atoms. The molecule has 0 bridgehead atoms. The van der Waals surface area contributed by atoms with Crippen LogP contribution in [0.1, 0.15) is 27.8 Å². The largest absolute Gasteiger partial charge is 0.497 e. The van der Waals surface area contributed by atoms with E-state index in [-0.39, 0.29) is 18.0 Å². The van der Waals surface area contributed by atoms with Crippen molar-refractivity contribution >= 4 is 22.1 Å². The van der Waals surface area contributed by atoms with Crippen molar-refractivity contribution in [2.45, 2.75) is 32.1 Å². The number of nitrogens with zero attached hydrogens (tertiary/aromatic N) is 2. The molecular formula is C27H31N3O4S. The van der Waals surface area contributed by atoms with E-state index >= 15 is 0 Å². The number of hydrogen-bond acceptors (Lipinski definition) is 5. The van der Waals surface area contributed by atoms with Gasteiger partial charge in [0, 0.05) is 6.54 Å². The molecule has 0 atom stereocenters. The van der Waals surface area contributed by atoms with E-state index in [1.54, 1.807) is 33.1 Å². The monoisotopic (exact) mass is 493 g/mol. The molecule has 0 fully saturated rings. The number of benzene rings is 3. The van der Waals surface area contributed by atoms with Crippen molar-refractivity contribution in [1.82, 2.24) is 9.73 Å². The van der Waals surface area contributed by atoms with Crippen LogP contribution in [0.4, 0.5) is 0 Å². The third-order valence-corrected chi connectivity index (χ3v) is 7.66. The van der Waals surface area contributed by atoms with E-state index in [1.807, 2.05) is 61.5 Å². The van der Waals surface area contributed by atoms with Gasteiger partial charge in [0.05, 0.1) is 24.8 Å². The van der Waals surface area contributed by atoms with Crippen LogP contribution >= 0.6 is 0 Å². The maximum absolute atomic E-state index is 13.7. The smallest absolute Gasteiger partial charge is 0.255 e. The summed E-state index contributed by atoms with van der Waals surface area (Å²) in [7, 11) is -2.36. The molecule has 3 rings (SSSR count). The van der Waals surface area contributed by atoms with Crippen molar-refractivity contribution in [3.8, 4) is 5.75 Å². The Labute approximate surface area is 207 Å². The predicted molar refractivity (Wildman–Crippen MR) is 138 cm³/mol. The molecule has 0 heterocycles. The minimum atomic E-state index is -3.93. The number of rotatable bonds is 10. The first-order chi connectivity index (χ1) is 16.7. The van der Waals surface area contributed by atoms with Crippen LogP contribution in [-0.2, 0) is 21.2 Å². The summed E-state index contributed by atoms with van der Waals surface area (Å²) in [5.41, 5.74) is 6.47. The van der Waals surface area contributed by atoms with Gasteiger partial charge in [-0.3, -0.25) is 4.79 Å². The van der Waals surface area contributed by atoms with Crippen LogP contribution in [0.15, 0.2) is 76.7 Å². The number of nitrogens with one attached hydrogen (secondary N) is 1. The molecule has 0 aliphatic rings. The van der Waals surface area contributed by atoms with Crippen LogP contribution in [0.25, 0.3) is 0 Å². The summed E-state index contributed by atoms with van der Waals surface area (Å²) in [4.78, 5) is 13.0. The number of ether oxygens (including phenoxy) is 1. The number of aryl methyl sites for hydroxylation is 3. The molecule has 8 heteroatoms. The van der Waals surface area contributed by atoms with E-state index < -0.39 is 15.9 Å². The van der Waals surface area contributed by atoms with Crippen LogP contribution in [0.2, 0.25) is 0 Å². The summed E-state index contributed by atoms with van der Waals surface area (Å²) in [6, 6.07) is 20.5. The predicted octanol–water partition coefficient (Wildman–Crippen LogP) is 4.00. The molecule has 0 radical (unpaired) electrons. The number of hydrogen-bond donors (Lipinski definition) is 1. The number of carbonyl (C=O) groups excluding carboxylic acids is 1. The molecule has 0 spiro atoms. The molecule has 0 aliphatic carbocycles. The Hall–Kier alpha value is -3.49. The van der Waals surface area contributed by atoms with Gasteiger partial charge in [0.2, 0.25) is 10.0 Å². The molecule has 1 N–H and O–H groups in total. The highest BCUT2D eigenvalue weighted by Gasteiger charge is 2.29. The SMILES string of the molecule is COc1cccc(/C=N/NC(=O)CN(CCc2ccccc2)S(=O)(=O)c2c(C)cc(C)cc2C)c1. The summed E-state index contributed by atoms with van der Waals surface area (Å²) in [6.45, 7) is 5.29. The summed E-state index contributed by atoms with van der Waals surface area (Å²) in [5.74, 6) is 0.144.